The van der Waals surface area contributed by atoms with Gasteiger partial charge < -0.3 is 14.8 Å². The maximum atomic E-state index is 13.9. The molecule has 1 aliphatic carbocycles. The predicted octanol–water partition coefficient (Wildman–Crippen LogP) is 6.67. The van der Waals surface area contributed by atoms with E-state index in [1.54, 1.807) is 11.3 Å². The number of rotatable bonds is 12. The number of imidazole rings is 1. The lowest BCUT2D eigenvalue weighted by molar-refractivity contribution is -0.136. The molecular weight excluding hydrogens is 554 g/mol. The van der Waals surface area contributed by atoms with Crippen LogP contribution >= 0.6 is 11.3 Å². The molecule has 3 fully saturated rings. The van der Waals surface area contributed by atoms with Gasteiger partial charge in [0.1, 0.15) is 11.9 Å². The lowest BCUT2D eigenvalue weighted by Crippen LogP contribution is -2.55. The van der Waals surface area contributed by atoms with Crippen molar-refractivity contribution in [3.05, 3.63) is 52.0 Å². The highest BCUT2D eigenvalue weighted by Crippen LogP contribution is 2.35. The Morgan fingerprint density at radius 2 is 1.86 bits per heavy atom. The number of carbonyl (C=O) groups excluding carboxylic acids is 2. The molecule has 3 aromatic rings. The maximum absolute atomic E-state index is 13.9. The lowest BCUT2D eigenvalue weighted by atomic mass is 10.0. The molecule has 2 saturated heterocycles. The van der Waals surface area contributed by atoms with Gasteiger partial charge in [0.15, 0.2) is 0 Å². The molecule has 2 aromatic heterocycles. The first-order valence-corrected chi connectivity index (χ1v) is 17.6. The average molecular weight is 604 g/mol. The van der Waals surface area contributed by atoms with Crippen LogP contribution < -0.4 is 5.32 Å². The third kappa shape index (κ3) is 6.41. The molecule has 3 atom stereocenters. The smallest absolute Gasteiger partial charge is 0.252 e. The Morgan fingerprint density at radius 3 is 2.51 bits per heavy atom. The number of fused-ring (bicyclic) bond motifs is 3. The molecule has 2 unspecified atom stereocenters. The van der Waals surface area contributed by atoms with E-state index in [1.165, 1.54) is 37.1 Å². The van der Waals surface area contributed by atoms with E-state index >= 15 is 0 Å². The van der Waals surface area contributed by atoms with Crippen LogP contribution in [0.15, 0.2) is 35.7 Å². The molecule has 2 amide bonds. The van der Waals surface area contributed by atoms with Crippen LogP contribution in [0.5, 0.6) is 0 Å². The van der Waals surface area contributed by atoms with Crippen molar-refractivity contribution >= 4 is 34.2 Å². The monoisotopic (exact) mass is 603 g/mol. The topological polar surface area (TPSA) is 70.5 Å². The lowest BCUT2D eigenvalue weighted by Gasteiger charge is -2.37. The number of piperazine rings is 1. The van der Waals surface area contributed by atoms with Gasteiger partial charge in [-0.05, 0) is 80.0 Å². The summed E-state index contributed by atoms with van der Waals surface area (Å²) in [7, 11) is 0. The third-order valence-electron chi connectivity index (χ3n) is 10.2. The van der Waals surface area contributed by atoms with Gasteiger partial charge in [0.2, 0.25) is 5.91 Å². The number of carbonyl (C=O) groups is 2. The summed E-state index contributed by atoms with van der Waals surface area (Å²) in [6.45, 7) is 11.7. The number of benzene rings is 1. The minimum Gasteiger partial charge on any atom is -0.340 e. The number of likely N-dealkylation sites (tertiary alicyclic amines) is 2. The molecule has 3 aliphatic rings. The Balaban J connectivity index is 1.18. The fraction of sp³-hybridized carbons (Fsp3) is 0.629. The van der Waals surface area contributed by atoms with Crippen LogP contribution in [-0.4, -0.2) is 68.9 Å². The van der Waals surface area contributed by atoms with Crippen molar-refractivity contribution in [3.8, 4) is 0 Å². The van der Waals surface area contributed by atoms with Crippen LogP contribution in [0, 0.1) is 11.8 Å². The molecule has 6 rings (SSSR count). The molecule has 43 heavy (non-hydrogen) atoms. The minimum atomic E-state index is -0.512. The molecule has 2 aliphatic heterocycles. The van der Waals surface area contributed by atoms with E-state index in [4.69, 9.17) is 4.98 Å². The van der Waals surface area contributed by atoms with E-state index in [0.29, 0.717) is 30.0 Å². The molecule has 4 heterocycles. The molecule has 2 bridgehead atoms. The summed E-state index contributed by atoms with van der Waals surface area (Å²) in [4.78, 5) is 38.7. The fourth-order valence-corrected chi connectivity index (χ4v) is 8.65. The fourth-order valence-electron chi connectivity index (χ4n) is 7.95. The highest BCUT2D eigenvalue weighted by Gasteiger charge is 2.47. The molecule has 1 saturated carbocycles. The molecular formula is C35H49N5O2S. The second-order valence-corrected chi connectivity index (χ2v) is 14.7. The molecule has 0 spiro atoms. The van der Waals surface area contributed by atoms with Crippen LogP contribution in [0.2, 0.25) is 0 Å². The summed E-state index contributed by atoms with van der Waals surface area (Å²) in [5.41, 5.74) is 2.48. The average Bonchev–Trinajstić information content (AvgIpc) is 3.83. The van der Waals surface area contributed by atoms with Gasteiger partial charge in [-0.1, -0.05) is 46.6 Å². The SMILES string of the molecule is CCC(CC)n1c(Cc2cccs2)nc2cc(C(=O)N[C@@H](CC(C)C)C(=O)N3CC4CC3CN4CC3CCCC3)ccc21. The van der Waals surface area contributed by atoms with E-state index in [0.717, 1.165) is 61.5 Å². The molecule has 1 N–H and O–H groups in total. The van der Waals surface area contributed by atoms with E-state index < -0.39 is 6.04 Å². The van der Waals surface area contributed by atoms with Gasteiger partial charge in [0.05, 0.1) is 11.0 Å². The number of hydrogen-bond donors (Lipinski definition) is 1. The Hall–Kier alpha value is -2.71. The van der Waals surface area contributed by atoms with Crippen LogP contribution in [0.25, 0.3) is 11.0 Å². The normalized spacial score (nSPS) is 21.6. The molecule has 1 aromatic carbocycles. The van der Waals surface area contributed by atoms with Crippen LogP contribution in [0.1, 0.15) is 106 Å². The number of nitrogens with zero attached hydrogens (tertiary/aromatic N) is 4. The predicted molar refractivity (Wildman–Crippen MR) is 175 cm³/mol. The number of nitrogens with one attached hydrogen (secondary N) is 1. The van der Waals surface area contributed by atoms with Crippen LogP contribution in [-0.2, 0) is 11.2 Å². The van der Waals surface area contributed by atoms with Crippen molar-refractivity contribution in [2.75, 3.05) is 19.6 Å². The van der Waals surface area contributed by atoms with Crippen molar-refractivity contribution in [1.82, 2.24) is 24.7 Å². The zero-order valence-corrected chi connectivity index (χ0v) is 27.2. The van der Waals surface area contributed by atoms with Crippen molar-refractivity contribution < 1.29 is 9.59 Å². The largest absolute Gasteiger partial charge is 0.340 e. The van der Waals surface area contributed by atoms with Crippen LogP contribution in [0.3, 0.4) is 0 Å². The van der Waals surface area contributed by atoms with E-state index in [9.17, 15) is 9.59 Å². The standard InChI is InChI=1S/C35H49N5O2S/c1-5-26(6-2)40-32-14-13-25(17-30(32)36-33(40)19-29-12-9-15-43-29)34(41)37-31(16-23(3)4)35(42)39-22-27-18-28(39)21-38(27)20-24-10-7-8-11-24/h9,12-15,17,23-24,26-28,31H,5-8,10-11,16,18-22H2,1-4H3,(H,37,41)/t27?,28?,31-/m0/s1. The molecule has 232 valence electrons. The Morgan fingerprint density at radius 1 is 1.07 bits per heavy atom. The second kappa shape index (κ2) is 13.1. The summed E-state index contributed by atoms with van der Waals surface area (Å²) in [5.74, 6) is 2.08. The summed E-state index contributed by atoms with van der Waals surface area (Å²) < 4.78 is 2.38. The van der Waals surface area contributed by atoms with Gasteiger partial charge in [-0.25, -0.2) is 4.98 Å². The van der Waals surface area contributed by atoms with Crippen molar-refractivity contribution in [3.63, 3.8) is 0 Å². The Labute approximate surface area is 261 Å². The first-order valence-electron chi connectivity index (χ1n) is 16.7. The van der Waals surface area contributed by atoms with E-state index in [-0.39, 0.29) is 17.9 Å². The van der Waals surface area contributed by atoms with Crippen LogP contribution in [0.4, 0.5) is 0 Å². The van der Waals surface area contributed by atoms with Gasteiger partial charge in [0.25, 0.3) is 5.91 Å². The third-order valence-corrected chi connectivity index (χ3v) is 11.0. The number of hydrogen-bond acceptors (Lipinski definition) is 5. The van der Waals surface area contributed by atoms with Crippen molar-refractivity contribution in [2.45, 2.75) is 110 Å². The van der Waals surface area contributed by atoms with Crippen molar-refractivity contribution in [2.24, 2.45) is 11.8 Å². The Bertz CT molecular complexity index is 1400. The first kappa shape index (κ1) is 30.3. The van der Waals surface area contributed by atoms with Gasteiger partial charge in [0, 0.05) is 54.6 Å². The summed E-state index contributed by atoms with van der Waals surface area (Å²) in [6.07, 6.45) is 10.0. The van der Waals surface area contributed by atoms with Gasteiger partial charge >= 0.3 is 0 Å². The van der Waals surface area contributed by atoms with Gasteiger partial charge in [-0.2, -0.15) is 0 Å². The zero-order valence-electron chi connectivity index (χ0n) is 26.4. The first-order chi connectivity index (χ1) is 20.8. The highest BCUT2D eigenvalue weighted by molar-refractivity contribution is 7.09. The summed E-state index contributed by atoms with van der Waals surface area (Å²) in [6, 6.07) is 10.7. The molecule has 0 radical (unpaired) electrons. The summed E-state index contributed by atoms with van der Waals surface area (Å²) >= 11 is 1.75. The zero-order chi connectivity index (χ0) is 30.1. The maximum Gasteiger partial charge on any atom is 0.252 e. The quantitative estimate of drug-likeness (QED) is 0.251. The number of thiophene rings is 1. The molecule has 7 nitrogen and oxygen atoms in total. The van der Waals surface area contributed by atoms with Gasteiger partial charge in [-0.3, -0.25) is 14.5 Å². The minimum absolute atomic E-state index is 0.0902. The van der Waals surface area contributed by atoms with E-state index in [1.807, 2.05) is 18.2 Å². The Kier molecular flexibility index (Phi) is 9.24. The van der Waals surface area contributed by atoms with Crippen molar-refractivity contribution in [1.29, 1.82) is 0 Å². The molecule has 8 heteroatoms. The number of amides is 2. The highest BCUT2D eigenvalue weighted by atomic mass is 32.1. The van der Waals surface area contributed by atoms with E-state index in [2.05, 4.69) is 64.9 Å². The summed E-state index contributed by atoms with van der Waals surface area (Å²) in [5, 5.41) is 5.27. The van der Waals surface area contributed by atoms with Gasteiger partial charge in [-0.15, -0.1) is 11.3 Å². The second-order valence-electron chi connectivity index (χ2n) is 13.6. The number of aromatic nitrogens is 2.